The Balaban J connectivity index is 1.68. The number of rotatable bonds is 4. The molecule has 0 saturated carbocycles. The summed E-state index contributed by atoms with van der Waals surface area (Å²) in [4.78, 5) is 27.6. The van der Waals surface area contributed by atoms with E-state index in [-0.39, 0.29) is 22.2 Å². The van der Waals surface area contributed by atoms with Gasteiger partial charge in [0.2, 0.25) is 0 Å². The molecule has 0 atom stereocenters. The second-order valence-corrected chi connectivity index (χ2v) is 7.26. The predicted molar refractivity (Wildman–Crippen MR) is 105 cm³/mol. The van der Waals surface area contributed by atoms with Crippen molar-refractivity contribution in [3.8, 4) is 0 Å². The third kappa shape index (κ3) is 4.84. The topological polar surface area (TPSA) is 66.7 Å². The van der Waals surface area contributed by atoms with E-state index in [4.69, 9.17) is 11.6 Å². The summed E-state index contributed by atoms with van der Waals surface area (Å²) >= 11 is 5.85. The average Bonchev–Trinajstić information content (AvgIpc) is 2.88. The highest BCUT2D eigenvalue weighted by Crippen LogP contribution is 2.25. The first-order chi connectivity index (χ1) is 12.9. The van der Waals surface area contributed by atoms with Gasteiger partial charge in [-0.15, -0.1) is 0 Å². The number of amides is 1. The summed E-state index contributed by atoms with van der Waals surface area (Å²) < 4.78 is 0. The monoisotopic (exact) mass is 387 g/mol. The largest absolute Gasteiger partial charge is 0.337 e. The van der Waals surface area contributed by atoms with Crippen LogP contribution in [0, 0.1) is 17.0 Å². The van der Waals surface area contributed by atoms with Gasteiger partial charge in [0.05, 0.1) is 4.92 Å². The number of halogens is 1. The zero-order valence-corrected chi connectivity index (χ0v) is 16.0. The van der Waals surface area contributed by atoms with Gasteiger partial charge in [-0.3, -0.25) is 19.8 Å². The summed E-state index contributed by atoms with van der Waals surface area (Å²) in [7, 11) is 0. The number of nitro benzene ring substituents is 1. The van der Waals surface area contributed by atoms with Gasteiger partial charge < -0.3 is 4.90 Å². The molecule has 2 aromatic carbocycles. The molecule has 7 heteroatoms. The first kappa shape index (κ1) is 19.3. The van der Waals surface area contributed by atoms with Crippen molar-refractivity contribution in [2.45, 2.75) is 19.9 Å². The number of nitrogens with zero attached hydrogens (tertiary/aromatic N) is 3. The highest BCUT2D eigenvalue weighted by Gasteiger charge is 2.26. The lowest BCUT2D eigenvalue weighted by atomic mass is 10.1. The predicted octanol–water partition coefficient (Wildman–Crippen LogP) is 3.90. The van der Waals surface area contributed by atoms with Crippen LogP contribution in [0.2, 0.25) is 5.02 Å². The van der Waals surface area contributed by atoms with Crippen LogP contribution >= 0.6 is 11.6 Å². The molecule has 0 radical (unpaired) electrons. The minimum absolute atomic E-state index is 0.0939. The number of carbonyl (C=O) groups excluding carboxylic acids is 1. The Morgan fingerprint density at radius 2 is 1.85 bits per heavy atom. The van der Waals surface area contributed by atoms with Crippen molar-refractivity contribution in [3.63, 3.8) is 0 Å². The number of benzene rings is 2. The fourth-order valence-electron chi connectivity index (χ4n) is 3.29. The third-order valence-corrected chi connectivity index (χ3v) is 5.02. The molecule has 1 saturated heterocycles. The quantitative estimate of drug-likeness (QED) is 0.589. The van der Waals surface area contributed by atoms with E-state index in [0.29, 0.717) is 13.1 Å². The van der Waals surface area contributed by atoms with Gasteiger partial charge >= 0.3 is 0 Å². The number of hydrogen-bond acceptors (Lipinski definition) is 4. The molecule has 0 unspecified atom stereocenters. The number of carbonyl (C=O) groups is 1. The van der Waals surface area contributed by atoms with Crippen LogP contribution in [-0.2, 0) is 6.54 Å². The Morgan fingerprint density at radius 3 is 2.56 bits per heavy atom. The van der Waals surface area contributed by atoms with Gasteiger partial charge in [-0.1, -0.05) is 41.4 Å². The Labute approximate surface area is 163 Å². The molecule has 0 bridgehead atoms. The lowest BCUT2D eigenvalue weighted by Crippen LogP contribution is -2.35. The van der Waals surface area contributed by atoms with E-state index < -0.39 is 4.92 Å². The smallest absolute Gasteiger partial charge is 0.283 e. The van der Waals surface area contributed by atoms with Crippen molar-refractivity contribution in [3.05, 3.63) is 74.3 Å². The summed E-state index contributed by atoms with van der Waals surface area (Å²) in [6, 6.07) is 12.6. The van der Waals surface area contributed by atoms with Crippen molar-refractivity contribution in [2.75, 3.05) is 26.2 Å². The molecule has 27 heavy (non-hydrogen) atoms. The molecule has 1 aliphatic heterocycles. The van der Waals surface area contributed by atoms with Crippen LogP contribution < -0.4 is 0 Å². The Hall–Kier alpha value is -2.44. The Bertz CT molecular complexity index is 839. The molecule has 1 heterocycles. The maximum Gasteiger partial charge on any atom is 0.283 e. The molecule has 142 valence electrons. The fraction of sp³-hybridized carbons (Fsp3) is 0.350. The average molecular weight is 388 g/mol. The van der Waals surface area contributed by atoms with E-state index in [1.165, 1.54) is 29.3 Å². The molecule has 0 spiro atoms. The first-order valence-corrected chi connectivity index (χ1v) is 9.33. The molecular formula is C20H22ClN3O3. The molecule has 3 rings (SSSR count). The molecule has 0 aliphatic carbocycles. The van der Waals surface area contributed by atoms with Crippen LogP contribution in [0.5, 0.6) is 0 Å². The van der Waals surface area contributed by atoms with Gasteiger partial charge in [0, 0.05) is 43.8 Å². The highest BCUT2D eigenvalue weighted by molar-refractivity contribution is 6.31. The maximum atomic E-state index is 12.9. The minimum atomic E-state index is -0.555. The zero-order valence-electron chi connectivity index (χ0n) is 15.2. The summed E-state index contributed by atoms with van der Waals surface area (Å²) in [6.07, 6.45) is 0.832. The maximum absolute atomic E-state index is 12.9. The zero-order chi connectivity index (χ0) is 19.4. The Kier molecular flexibility index (Phi) is 6.08. The number of nitro groups is 1. The van der Waals surface area contributed by atoms with Crippen LogP contribution in [0.15, 0.2) is 42.5 Å². The number of hydrogen-bond donors (Lipinski definition) is 0. The van der Waals surface area contributed by atoms with Crippen LogP contribution in [-0.4, -0.2) is 46.8 Å². The van der Waals surface area contributed by atoms with Gasteiger partial charge in [-0.2, -0.15) is 0 Å². The van der Waals surface area contributed by atoms with Crippen molar-refractivity contribution >= 4 is 23.2 Å². The van der Waals surface area contributed by atoms with Crippen molar-refractivity contribution in [1.82, 2.24) is 9.80 Å². The number of aryl methyl sites for hydroxylation is 1. The lowest BCUT2D eigenvalue weighted by molar-refractivity contribution is -0.385. The summed E-state index contributed by atoms with van der Waals surface area (Å²) in [5.74, 6) is -0.310. The van der Waals surface area contributed by atoms with Crippen LogP contribution in [0.1, 0.15) is 27.9 Å². The molecule has 2 aromatic rings. The second kappa shape index (κ2) is 8.50. The molecule has 1 fully saturated rings. The van der Waals surface area contributed by atoms with Crippen LogP contribution in [0.25, 0.3) is 0 Å². The summed E-state index contributed by atoms with van der Waals surface area (Å²) in [5, 5.41) is 11.5. The Morgan fingerprint density at radius 1 is 1.11 bits per heavy atom. The van der Waals surface area contributed by atoms with Gasteiger partial charge in [0.25, 0.3) is 11.6 Å². The third-order valence-electron chi connectivity index (χ3n) is 4.79. The SMILES string of the molecule is Cc1ccc(CN2CCCN(C(=O)c3ccc(Cl)cc3[N+](=O)[O-])CC2)cc1. The fourth-order valence-corrected chi connectivity index (χ4v) is 3.46. The van der Waals surface area contributed by atoms with Gasteiger partial charge in [-0.05, 0) is 31.0 Å². The highest BCUT2D eigenvalue weighted by atomic mass is 35.5. The normalized spacial score (nSPS) is 15.4. The van der Waals surface area contributed by atoms with E-state index in [0.717, 1.165) is 26.1 Å². The molecule has 6 nitrogen and oxygen atoms in total. The van der Waals surface area contributed by atoms with Crippen molar-refractivity contribution in [1.29, 1.82) is 0 Å². The van der Waals surface area contributed by atoms with E-state index in [2.05, 4.69) is 36.1 Å². The van der Waals surface area contributed by atoms with Crippen molar-refractivity contribution in [2.24, 2.45) is 0 Å². The van der Waals surface area contributed by atoms with Gasteiger partial charge in [-0.25, -0.2) is 0 Å². The van der Waals surface area contributed by atoms with E-state index in [1.54, 1.807) is 4.90 Å². The standard InChI is InChI=1S/C20H22ClN3O3/c1-15-3-5-16(6-4-15)14-22-9-2-10-23(12-11-22)20(25)18-8-7-17(21)13-19(18)24(26)27/h3-8,13H,2,9-12,14H2,1H3. The first-order valence-electron chi connectivity index (χ1n) is 8.95. The molecule has 1 aliphatic rings. The van der Waals surface area contributed by atoms with E-state index in [1.807, 2.05) is 0 Å². The lowest BCUT2D eigenvalue weighted by Gasteiger charge is -2.22. The molecular weight excluding hydrogens is 366 g/mol. The summed E-state index contributed by atoms with van der Waals surface area (Å²) in [6.45, 7) is 5.66. The summed E-state index contributed by atoms with van der Waals surface area (Å²) in [5.41, 5.74) is 2.33. The molecule has 1 amide bonds. The minimum Gasteiger partial charge on any atom is -0.337 e. The molecule has 0 aromatic heterocycles. The second-order valence-electron chi connectivity index (χ2n) is 6.83. The van der Waals surface area contributed by atoms with Gasteiger partial charge in [0.1, 0.15) is 5.56 Å². The van der Waals surface area contributed by atoms with Crippen molar-refractivity contribution < 1.29 is 9.72 Å². The van der Waals surface area contributed by atoms with Gasteiger partial charge in [0.15, 0.2) is 0 Å². The molecule has 0 N–H and O–H groups in total. The van der Waals surface area contributed by atoms with E-state index >= 15 is 0 Å². The van der Waals surface area contributed by atoms with E-state index in [9.17, 15) is 14.9 Å². The van der Waals surface area contributed by atoms with Crippen LogP contribution in [0.3, 0.4) is 0 Å². The van der Waals surface area contributed by atoms with Crippen LogP contribution in [0.4, 0.5) is 5.69 Å².